The van der Waals surface area contributed by atoms with Crippen LogP contribution in [0.15, 0.2) is 35.7 Å². The Morgan fingerprint density at radius 2 is 2.09 bits per heavy atom. The van der Waals surface area contributed by atoms with Crippen LogP contribution in [0.3, 0.4) is 0 Å². The first-order valence-electron chi connectivity index (χ1n) is 8.02. The van der Waals surface area contributed by atoms with Gasteiger partial charge in [-0.2, -0.15) is 0 Å². The molecular weight excluding hydrogens is 288 g/mol. The van der Waals surface area contributed by atoms with Gasteiger partial charge < -0.3 is 4.98 Å². The van der Waals surface area contributed by atoms with Gasteiger partial charge in [-0.05, 0) is 66.5 Å². The van der Waals surface area contributed by atoms with Crippen molar-refractivity contribution in [3.05, 3.63) is 47.1 Å². The van der Waals surface area contributed by atoms with Crippen LogP contribution in [0.5, 0.6) is 0 Å². The van der Waals surface area contributed by atoms with Gasteiger partial charge in [-0.1, -0.05) is 25.0 Å². The molecular formula is C19H20N2S. The van der Waals surface area contributed by atoms with Gasteiger partial charge in [0, 0.05) is 4.88 Å². The number of aromatic amines is 1. The number of aromatic nitrogens is 2. The van der Waals surface area contributed by atoms with Crippen molar-refractivity contribution in [1.29, 1.82) is 0 Å². The number of nitrogens with one attached hydrogen (secondary N) is 1. The highest BCUT2D eigenvalue weighted by atomic mass is 32.1. The van der Waals surface area contributed by atoms with Crippen molar-refractivity contribution in [3.63, 3.8) is 0 Å². The molecule has 0 atom stereocenters. The van der Waals surface area contributed by atoms with Gasteiger partial charge in [0.2, 0.25) is 0 Å². The highest BCUT2D eigenvalue weighted by molar-refractivity contribution is 7.13. The summed E-state index contributed by atoms with van der Waals surface area (Å²) in [6.07, 6.45) is 9.90. The number of imidazole rings is 1. The zero-order valence-corrected chi connectivity index (χ0v) is 13.6. The summed E-state index contributed by atoms with van der Waals surface area (Å²) in [5.74, 6) is 1.72. The van der Waals surface area contributed by atoms with Crippen LogP contribution in [0.4, 0.5) is 0 Å². The summed E-state index contributed by atoms with van der Waals surface area (Å²) in [6, 6.07) is 8.68. The maximum atomic E-state index is 4.68. The number of nitrogens with zero attached hydrogens (tertiary/aromatic N) is 1. The summed E-state index contributed by atoms with van der Waals surface area (Å²) >= 11 is 1.80. The Morgan fingerprint density at radius 1 is 1.23 bits per heavy atom. The first-order valence-corrected chi connectivity index (χ1v) is 8.90. The molecule has 1 N–H and O–H groups in total. The van der Waals surface area contributed by atoms with Crippen molar-refractivity contribution in [2.75, 3.05) is 0 Å². The third kappa shape index (κ3) is 2.61. The molecule has 0 unspecified atom stereocenters. The SMILES string of the molecule is Cc1ccsc1-c1ccc2nc(/C=C/C3CCCC3)[nH]c2c1. The molecule has 2 aromatic heterocycles. The average Bonchev–Trinajstić information content (AvgIpc) is 3.24. The lowest BCUT2D eigenvalue weighted by Crippen LogP contribution is -1.85. The van der Waals surface area contributed by atoms with E-state index in [4.69, 9.17) is 0 Å². The number of hydrogen-bond donors (Lipinski definition) is 1. The number of H-pyrrole nitrogens is 1. The highest BCUT2D eigenvalue weighted by Gasteiger charge is 2.12. The van der Waals surface area contributed by atoms with E-state index in [1.807, 2.05) is 0 Å². The second-order valence-corrected chi connectivity index (χ2v) is 7.11. The van der Waals surface area contributed by atoms with Crippen molar-refractivity contribution in [1.82, 2.24) is 9.97 Å². The minimum absolute atomic E-state index is 0.748. The van der Waals surface area contributed by atoms with Gasteiger partial charge in [0.1, 0.15) is 5.82 Å². The number of allylic oxidation sites excluding steroid dienone is 1. The topological polar surface area (TPSA) is 28.7 Å². The minimum atomic E-state index is 0.748. The lowest BCUT2D eigenvalue weighted by molar-refractivity contribution is 0.689. The number of fused-ring (bicyclic) bond motifs is 1. The molecule has 3 aromatic rings. The maximum absolute atomic E-state index is 4.68. The predicted molar refractivity (Wildman–Crippen MR) is 95.1 cm³/mol. The highest BCUT2D eigenvalue weighted by Crippen LogP contribution is 2.31. The molecule has 3 heteroatoms. The Morgan fingerprint density at radius 3 is 2.86 bits per heavy atom. The summed E-state index contributed by atoms with van der Waals surface area (Å²) in [5, 5.41) is 2.15. The van der Waals surface area contributed by atoms with Crippen LogP contribution >= 0.6 is 11.3 Å². The lowest BCUT2D eigenvalue weighted by Gasteiger charge is -1.99. The van der Waals surface area contributed by atoms with Crippen LogP contribution in [-0.4, -0.2) is 9.97 Å². The molecule has 0 saturated heterocycles. The number of thiophene rings is 1. The quantitative estimate of drug-likeness (QED) is 0.650. The Balaban J connectivity index is 1.64. The van der Waals surface area contributed by atoms with Gasteiger partial charge in [0.15, 0.2) is 0 Å². The van der Waals surface area contributed by atoms with E-state index in [2.05, 4.69) is 58.7 Å². The van der Waals surface area contributed by atoms with E-state index in [1.165, 1.54) is 41.7 Å². The summed E-state index contributed by atoms with van der Waals surface area (Å²) in [4.78, 5) is 9.47. The standard InChI is InChI=1S/C19H20N2S/c1-13-10-11-22-19(13)15-7-8-16-17(12-15)21-18(20-16)9-6-14-4-2-3-5-14/h6-12,14H,2-5H2,1H3,(H,20,21)/b9-6+. The van der Waals surface area contributed by atoms with Crippen molar-refractivity contribution in [3.8, 4) is 10.4 Å². The van der Waals surface area contributed by atoms with Crippen molar-refractivity contribution < 1.29 is 0 Å². The molecule has 1 saturated carbocycles. The van der Waals surface area contributed by atoms with Gasteiger partial charge in [-0.3, -0.25) is 0 Å². The second kappa shape index (κ2) is 5.73. The zero-order valence-electron chi connectivity index (χ0n) is 12.8. The van der Waals surface area contributed by atoms with Crippen LogP contribution in [0.1, 0.15) is 37.1 Å². The van der Waals surface area contributed by atoms with E-state index in [0.717, 1.165) is 22.8 Å². The Hall–Kier alpha value is -1.87. The Kier molecular flexibility index (Phi) is 3.59. The van der Waals surface area contributed by atoms with Gasteiger partial charge >= 0.3 is 0 Å². The maximum Gasteiger partial charge on any atom is 0.130 e. The van der Waals surface area contributed by atoms with Gasteiger partial charge in [0.25, 0.3) is 0 Å². The van der Waals surface area contributed by atoms with Gasteiger partial charge in [-0.25, -0.2) is 4.98 Å². The van der Waals surface area contributed by atoms with E-state index in [9.17, 15) is 0 Å². The van der Waals surface area contributed by atoms with Crippen LogP contribution < -0.4 is 0 Å². The number of benzene rings is 1. The molecule has 1 aliphatic carbocycles. The molecule has 1 aromatic carbocycles. The first-order chi connectivity index (χ1) is 10.8. The Labute approximate surface area is 134 Å². The largest absolute Gasteiger partial charge is 0.338 e. The van der Waals surface area contributed by atoms with E-state index < -0.39 is 0 Å². The molecule has 0 aliphatic heterocycles. The van der Waals surface area contributed by atoms with Crippen molar-refractivity contribution in [2.24, 2.45) is 5.92 Å². The molecule has 112 valence electrons. The Bertz CT molecular complexity index is 819. The first kappa shape index (κ1) is 13.8. The number of rotatable bonds is 3. The molecule has 0 radical (unpaired) electrons. The predicted octanol–water partition coefficient (Wildman–Crippen LogP) is 5.80. The number of hydrogen-bond acceptors (Lipinski definition) is 2. The van der Waals surface area contributed by atoms with Crippen LogP contribution in [0, 0.1) is 12.8 Å². The van der Waals surface area contributed by atoms with Crippen LogP contribution in [0.2, 0.25) is 0 Å². The molecule has 1 aliphatic rings. The normalized spacial score (nSPS) is 16.2. The van der Waals surface area contributed by atoms with Gasteiger partial charge in [0.05, 0.1) is 11.0 Å². The molecule has 0 spiro atoms. The molecule has 1 fully saturated rings. The third-order valence-corrected chi connectivity index (χ3v) is 5.62. The van der Waals surface area contributed by atoms with Crippen LogP contribution in [-0.2, 0) is 0 Å². The fourth-order valence-electron chi connectivity index (χ4n) is 3.30. The monoisotopic (exact) mass is 308 g/mol. The van der Waals surface area contributed by atoms with Crippen molar-refractivity contribution in [2.45, 2.75) is 32.6 Å². The average molecular weight is 308 g/mol. The third-order valence-electron chi connectivity index (χ3n) is 4.55. The van der Waals surface area contributed by atoms with E-state index >= 15 is 0 Å². The minimum Gasteiger partial charge on any atom is -0.338 e. The zero-order chi connectivity index (χ0) is 14.9. The van der Waals surface area contributed by atoms with Crippen molar-refractivity contribution >= 4 is 28.4 Å². The lowest BCUT2D eigenvalue weighted by atomic mass is 10.1. The molecule has 22 heavy (non-hydrogen) atoms. The summed E-state index contributed by atoms with van der Waals surface area (Å²) in [5.41, 5.74) is 4.78. The van der Waals surface area contributed by atoms with E-state index in [0.29, 0.717) is 0 Å². The summed E-state index contributed by atoms with van der Waals surface area (Å²) < 4.78 is 0. The van der Waals surface area contributed by atoms with Crippen LogP contribution in [0.25, 0.3) is 27.6 Å². The molecule has 2 heterocycles. The van der Waals surface area contributed by atoms with E-state index in [1.54, 1.807) is 11.3 Å². The second-order valence-electron chi connectivity index (χ2n) is 6.19. The summed E-state index contributed by atoms with van der Waals surface area (Å²) in [6.45, 7) is 2.17. The molecule has 4 rings (SSSR count). The molecule has 2 nitrogen and oxygen atoms in total. The number of aryl methyl sites for hydroxylation is 1. The smallest absolute Gasteiger partial charge is 0.130 e. The fourth-order valence-corrected chi connectivity index (χ4v) is 4.22. The molecule has 0 bridgehead atoms. The summed E-state index contributed by atoms with van der Waals surface area (Å²) in [7, 11) is 0. The van der Waals surface area contributed by atoms with E-state index in [-0.39, 0.29) is 0 Å². The van der Waals surface area contributed by atoms with Gasteiger partial charge in [-0.15, -0.1) is 11.3 Å². The fraction of sp³-hybridized carbons (Fsp3) is 0.316. The molecule has 0 amide bonds.